The predicted octanol–water partition coefficient (Wildman–Crippen LogP) is 1.52. The van der Waals surface area contributed by atoms with Gasteiger partial charge in [0.1, 0.15) is 0 Å². The Labute approximate surface area is 104 Å². The topological polar surface area (TPSA) is 35.6 Å². The van der Waals surface area contributed by atoms with Gasteiger partial charge in [0.25, 0.3) is 0 Å². The summed E-state index contributed by atoms with van der Waals surface area (Å²) in [5.41, 5.74) is 0. The number of rotatable bonds is 3. The molecular formula is C13H25N3O. The highest BCUT2D eigenvalue weighted by Gasteiger charge is 2.33. The van der Waals surface area contributed by atoms with Crippen LogP contribution in [0.25, 0.3) is 0 Å². The van der Waals surface area contributed by atoms with Gasteiger partial charge in [0, 0.05) is 38.3 Å². The summed E-state index contributed by atoms with van der Waals surface area (Å²) in [6.07, 6.45) is 2.80. The molecule has 0 aromatic carbocycles. The van der Waals surface area contributed by atoms with E-state index >= 15 is 0 Å². The lowest BCUT2D eigenvalue weighted by Crippen LogP contribution is -2.54. The first-order chi connectivity index (χ1) is 8.08. The molecule has 1 heterocycles. The van der Waals surface area contributed by atoms with Crippen LogP contribution in [0.4, 0.5) is 4.79 Å². The molecule has 98 valence electrons. The van der Waals surface area contributed by atoms with Crippen molar-refractivity contribution in [2.75, 3.05) is 26.2 Å². The highest BCUT2D eigenvalue weighted by atomic mass is 16.2. The lowest BCUT2D eigenvalue weighted by atomic mass is 10.1. The Hall–Kier alpha value is -0.770. The molecule has 1 atom stereocenters. The Morgan fingerprint density at radius 3 is 2.18 bits per heavy atom. The van der Waals surface area contributed by atoms with Crippen molar-refractivity contribution in [2.24, 2.45) is 5.92 Å². The molecule has 2 aliphatic rings. The molecule has 1 saturated heterocycles. The molecular weight excluding hydrogens is 214 g/mol. The first-order valence-electron chi connectivity index (χ1n) is 6.87. The molecule has 0 radical (unpaired) electrons. The third-order valence-electron chi connectivity index (χ3n) is 3.89. The number of amides is 2. The maximum Gasteiger partial charge on any atom is 0.317 e. The zero-order chi connectivity index (χ0) is 12.4. The van der Waals surface area contributed by atoms with Crippen LogP contribution in [-0.4, -0.2) is 54.1 Å². The number of carbonyl (C=O) groups is 1. The lowest BCUT2D eigenvalue weighted by molar-refractivity contribution is 0.105. The summed E-state index contributed by atoms with van der Waals surface area (Å²) in [5, 5.41) is 2.96. The van der Waals surface area contributed by atoms with Crippen molar-refractivity contribution in [3.63, 3.8) is 0 Å². The van der Waals surface area contributed by atoms with E-state index in [4.69, 9.17) is 0 Å². The van der Waals surface area contributed by atoms with Crippen molar-refractivity contribution in [3.8, 4) is 0 Å². The number of nitrogens with one attached hydrogen (secondary N) is 1. The Kier molecular flexibility index (Phi) is 3.92. The average molecular weight is 239 g/mol. The molecule has 0 aromatic rings. The monoisotopic (exact) mass is 239 g/mol. The second-order valence-corrected chi connectivity index (χ2v) is 5.71. The third-order valence-corrected chi connectivity index (χ3v) is 3.89. The molecule has 1 N–H and O–H groups in total. The van der Waals surface area contributed by atoms with Gasteiger partial charge in [-0.15, -0.1) is 0 Å². The maximum atomic E-state index is 11.8. The van der Waals surface area contributed by atoms with Crippen molar-refractivity contribution in [3.05, 3.63) is 0 Å². The summed E-state index contributed by atoms with van der Waals surface area (Å²) < 4.78 is 0. The summed E-state index contributed by atoms with van der Waals surface area (Å²) in [6.45, 7) is 10.1. The maximum absolute atomic E-state index is 11.8. The van der Waals surface area contributed by atoms with Crippen LogP contribution in [0.1, 0.15) is 33.6 Å². The second kappa shape index (κ2) is 5.25. The zero-order valence-electron chi connectivity index (χ0n) is 11.3. The average Bonchev–Trinajstić information content (AvgIpc) is 3.11. The fourth-order valence-corrected chi connectivity index (χ4v) is 2.55. The van der Waals surface area contributed by atoms with Crippen LogP contribution in [0.2, 0.25) is 0 Å². The van der Waals surface area contributed by atoms with Crippen LogP contribution in [0, 0.1) is 5.92 Å². The summed E-state index contributed by atoms with van der Waals surface area (Å²) in [6, 6.07) is 1.04. The van der Waals surface area contributed by atoms with E-state index in [1.54, 1.807) is 0 Å². The van der Waals surface area contributed by atoms with E-state index in [0.717, 1.165) is 32.1 Å². The quantitative estimate of drug-likeness (QED) is 0.810. The van der Waals surface area contributed by atoms with Crippen LogP contribution in [0.3, 0.4) is 0 Å². The van der Waals surface area contributed by atoms with Gasteiger partial charge >= 0.3 is 6.03 Å². The molecule has 0 spiro atoms. The minimum atomic E-state index is 0.0960. The molecule has 1 saturated carbocycles. The van der Waals surface area contributed by atoms with Gasteiger partial charge in [-0.25, -0.2) is 4.79 Å². The molecule has 1 aliphatic heterocycles. The standard InChI is InChI=1S/C13H25N3O/c1-10(2)14-13(17)16-8-6-15(7-9-16)11(3)12-4-5-12/h10-12H,4-9H2,1-3H3,(H,14,17). The Balaban J connectivity index is 1.75. The van der Waals surface area contributed by atoms with Gasteiger partial charge in [-0.2, -0.15) is 0 Å². The lowest BCUT2D eigenvalue weighted by Gasteiger charge is -2.38. The fourth-order valence-electron chi connectivity index (χ4n) is 2.55. The highest BCUT2D eigenvalue weighted by molar-refractivity contribution is 5.74. The van der Waals surface area contributed by atoms with E-state index in [0.29, 0.717) is 6.04 Å². The highest BCUT2D eigenvalue weighted by Crippen LogP contribution is 2.35. The Morgan fingerprint density at radius 1 is 1.12 bits per heavy atom. The van der Waals surface area contributed by atoms with Crippen molar-refractivity contribution in [1.82, 2.24) is 15.1 Å². The number of hydrogen-bond acceptors (Lipinski definition) is 2. The molecule has 2 rings (SSSR count). The first kappa shape index (κ1) is 12.7. The molecule has 1 unspecified atom stereocenters. The van der Waals surface area contributed by atoms with Crippen LogP contribution in [-0.2, 0) is 0 Å². The Bertz CT molecular complexity index is 268. The van der Waals surface area contributed by atoms with E-state index in [1.807, 2.05) is 18.7 Å². The van der Waals surface area contributed by atoms with Crippen molar-refractivity contribution in [2.45, 2.75) is 45.7 Å². The SMILES string of the molecule is CC(C)NC(=O)N1CCN(C(C)C2CC2)CC1. The smallest absolute Gasteiger partial charge is 0.317 e. The number of urea groups is 1. The van der Waals surface area contributed by atoms with Crippen LogP contribution in [0.15, 0.2) is 0 Å². The van der Waals surface area contributed by atoms with Crippen molar-refractivity contribution < 1.29 is 4.79 Å². The van der Waals surface area contributed by atoms with Crippen molar-refractivity contribution in [1.29, 1.82) is 0 Å². The molecule has 4 nitrogen and oxygen atoms in total. The number of nitrogens with zero attached hydrogens (tertiary/aromatic N) is 2. The number of carbonyl (C=O) groups excluding carboxylic acids is 1. The van der Waals surface area contributed by atoms with Gasteiger partial charge in [0.2, 0.25) is 0 Å². The van der Waals surface area contributed by atoms with Crippen molar-refractivity contribution >= 4 is 6.03 Å². The van der Waals surface area contributed by atoms with E-state index in [9.17, 15) is 4.79 Å². The summed E-state index contributed by atoms with van der Waals surface area (Å²) >= 11 is 0. The van der Waals surface area contributed by atoms with E-state index in [2.05, 4.69) is 17.1 Å². The van der Waals surface area contributed by atoms with Gasteiger partial charge in [-0.05, 0) is 39.5 Å². The zero-order valence-corrected chi connectivity index (χ0v) is 11.3. The molecule has 2 fully saturated rings. The van der Waals surface area contributed by atoms with E-state index in [1.165, 1.54) is 12.8 Å². The van der Waals surface area contributed by atoms with Crippen LogP contribution in [0.5, 0.6) is 0 Å². The minimum Gasteiger partial charge on any atom is -0.336 e. The van der Waals surface area contributed by atoms with Crippen LogP contribution < -0.4 is 5.32 Å². The predicted molar refractivity (Wildman–Crippen MR) is 69.0 cm³/mol. The molecule has 0 bridgehead atoms. The largest absolute Gasteiger partial charge is 0.336 e. The fraction of sp³-hybridized carbons (Fsp3) is 0.923. The third kappa shape index (κ3) is 3.35. The molecule has 17 heavy (non-hydrogen) atoms. The number of piperazine rings is 1. The summed E-state index contributed by atoms with van der Waals surface area (Å²) in [5.74, 6) is 0.922. The van der Waals surface area contributed by atoms with Gasteiger partial charge in [-0.1, -0.05) is 0 Å². The van der Waals surface area contributed by atoms with E-state index < -0.39 is 0 Å². The Morgan fingerprint density at radius 2 is 1.71 bits per heavy atom. The molecule has 0 aromatic heterocycles. The summed E-state index contributed by atoms with van der Waals surface area (Å²) in [7, 11) is 0. The first-order valence-corrected chi connectivity index (χ1v) is 6.87. The van der Waals surface area contributed by atoms with Gasteiger partial charge in [-0.3, -0.25) is 4.90 Å². The molecule has 1 aliphatic carbocycles. The van der Waals surface area contributed by atoms with E-state index in [-0.39, 0.29) is 12.1 Å². The van der Waals surface area contributed by atoms with Gasteiger partial charge in [0.05, 0.1) is 0 Å². The molecule has 2 amide bonds. The van der Waals surface area contributed by atoms with Gasteiger partial charge < -0.3 is 10.2 Å². The minimum absolute atomic E-state index is 0.0960. The second-order valence-electron chi connectivity index (χ2n) is 5.71. The van der Waals surface area contributed by atoms with Crippen LogP contribution >= 0.6 is 0 Å². The molecule has 4 heteroatoms. The normalized spacial score (nSPS) is 23.9. The van der Waals surface area contributed by atoms with Gasteiger partial charge in [0.15, 0.2) is 0 Å². The summed E-state index contributed by atoms with van der Waals surface area (Å²) in [4.78, 5) is 16.3. The number of hydrogen-bond donors (Lipinski definition) is 1.